The van der Waals surface area contributed by atoms with Gasteiger partial charge in [-0.25, -0.2) is 4.39 Å². The zero-order valence-electron chi connectivity index (χ0n) is 14.5. The summed E-state index contributed by atoms with van der Waals surface area (Å²) in [5, 5.41) is 8.35. The van der Waals surface area contributed by atoms with Crippen molar-refractivity contribution in [3.8, 4) is 11.5 Å². The highest BCUT2D eigenvalue weighted by molar-refractivity contribution is 7.99. The van der Waals surface area contributed by atoms with Crippen LogP contribution in [0.4, 0.5) is 4.39 Å². The monoisotopic (exact) mass is 371 g/mol. The van der Waals surface area contributed by atoms with Crippen LogP contribution in [0.1, 0.15) is 11.1 Å². The molecule has 3 aromatic rings. The van der Waals surface area contributed by atoms with Crippen LogP contribution >= 0.6 is 11.8 Å². The number of thioether (sulfide) groups is 1. The smallest absolute Gasteiger partial charge is 0.277 e. The highest BCUT2D eigenvalue weighted by atomic mass is 32.2. The number of hydrogen-bond acceptors (Lipinski definition) is 5. The van der Waals surface area contributed by atoms with Gasteiger partial charge in [0.1, 0.15) is 5.82 Å². The quantitative estimate of drug-likeness (QED) is 0.615. The summed E-state index contributed by atoms with van der Waals surface area (Å²) in [5.74, 6) is 0.103. The van der Waals surface area contributed by atoms with Gasteiger partial charge in [0.2, 0.25) is 11.8 Å². The van der Waals surface area contributed by atoms with E-state index in [2.05, 4.69) is 10.2 Å². The van der Waals surface area contributed by atoms with Crippen LogP contribution in [-0.4, -0.2) is 33.8 Å². The van der Waals surface area contributed by atoms with Crippen molar-refractivity contribution < 1.29 is 13.6 Å². The topological polar surface area (TPSA) is 59.2 Å². The third kappa shape index (κ3) is 4.29. The second-order valence-electron chi connectivity index (χ2n) is 5.82. The minimum atomic E-state index is -0.320. The summed E-state index contributed by atoms with van der Waals surface area (Å²) in [6.07, 6.45) is 0. The average Bonchev–Trinajstić information content (AvgIpc) is 3.10. The molecule has 134 valence electrons. The average molecular weight is 371 g/mol. The van der Waals surface area contributed by atoms with Crippen molar-refractivity contribution in [1.82, 2.24) is 15.1 Å². The molecule has 1 amide bonds. The summed E-state index contributed by atoms with van der Waals surface area (Å²) >= 11 is 1.17. The van der Waals surface area contributed by atoms with Crippen LogP contribution in [0.3, 0.4) is 0 Å². The van der Waals surface area contributed by atoms with Gasteiger partial charge in [0, 0.05) is 24.7 Å². The second-order valence-corrected chi connectivity index (χ2v) is 6.74. The van der Waals surface area contributed by atoms with E-state index in [1.165, 1.54) is 22.7 Å². The number of rotatable bonds is 6. The van der Waals surface area contributed by atoms with Gasteiger partial charge in [0.05, 0.1) is 5.75 Å². The minimum absolute atomic E-state index is 0.139. The van der Waals surface area contributed by atoms with Crippen molar-refractivity contribution in [3.05, 3.63) is 65.5 Å². The normalized spacial score (nSPS) is 10.7. The lowest BCUT2D eigenvalue weighted by atomic mass is 10.1. The molecule has 7 heteroatoms. The molecular weight excluding hydrogens is 353 g/mol. The maximum Gasteiger partial charge on any atom is 0.277 e. The van der Waals surface area contributed by atoms with Gasteiger partial charge >= 0.3 is 0 Å². The first kappa shape index (κ1) is 18.1. The number of carbonyl (C=O) groups is 1. The molecule has 2 aromatic carbocycles. The van der Waals surface area contributed by atoms with Crippen molar-refractivity contribution >= 4 is 17.7 Å². The largest absolute Gasteiger partial charge is 0.411 e. The summed E-state index contributed by atoms with van der Waals surface area (Å²) in [5.41, 5.74) is 2.39. The molecule has 0 N–H and O–H groups in total. The zero-order chi connectivity index (χ0) is 18.5. The molecule has 5 nitrogen and oxygen atoms in total. The molecule has 0 saturated heterocycles. The van der Waals surface area contributed by atoms with E-state index in [0.717, 1.165) is 11.1 Å². The maximum atomic E-state index is 13.7. The number of aryl methyl sites for hydroxylation is 1. The van der Waals surface area contributed by atoms with Crippen molar-refractivity contribution in [2.24, 2.45) is 0 Å². The van der Waals surface area contributed by atoms with Gasteiger partial charge < -0.3 is 9.32 Å². The van der Waals surface area contributed by atoms with Crippen molar-refractivity contribution in [2.45, 2.75) is 18.7 Å². The van der Waals surface area contributed by atoms with Crippen LogP contribution < -0.4 is 0 Å². The number of hydrogen-bond donors (Lipinski definition) is 0. The molecule has 0 aliphatic rings. The van der Waals surface area contributed by atoms with Gasteiger partial charge in [0.15, 0.2) is 0 Å². The fourth-order valence-electron chi connectivity index (χ4n) is 2.39. The lowest BCUT2D eigenvalue weighted by Gasteiger charge is -2.16. The zero-order valence-corrected chi connectivity index (χ0v) is 15.3. The second kappa shape index (κ2) is 8.14. The Morgan fingerprint density at radius 1 is 1.15 bits per heavy atom. The number of nitrogens with zero attached hydrogens (tertiary/aromatic N) is 3. The van der Waals surface area contributed by atoms with E-state index >= 15 is 0 Å². The summed E-state index contributed by atoms with van der Waals surface area (Å²) in [6.45, 7) is 2.18. The fraction of sp³-hybridized carbons (Fsp3) is 0.211. The molecule has 1 heterocycles. The Morgan fingerprint density at radius 2 is 1.88 bits per heavy atom. The molecule has 1 aromatic heterocycles. The first-order valence-electron chi connectivity index (χ1n) is 8.04. The summed E-state index contributed by atoms with van der Waals surface area (Å²) < 4.78 is 19.3. The van der Waals surface area contributed by atoms with Crippen LogP contribution in [-0.2, 0) is 11.3 Å². The predicted octanol–water partition coefficient (Wildman–Crippen LogP) is 3.93. The van der Waals surface area contributed by atoms with E-state index < -0.39 is 0 Å². The summed E-state index contributed by atoms with van der Waals surface area (Å²) in [7, 11) is 1.64. The van der Waals surface area contributed by atoms with Crippen LogP contribution in [0.2, 0.25) is 0 Å². The molecule has 0 saturated carbocycles. The molecule has 0 atom stereocenters. The lowest BCUT2D eigenvalue weighted by molar-refractivity contribution is -0.127. The molecule has 26 heavy (non-hydrogen) atoms. The Kier molecular flexibility index (Phi) is 5.68. The van der Waals surface area contributed by atoms with Crippen LogP contribution in [0.5, 0.6) is 0 Å². The van der Waals surface area contributed by atoms with Crippen molar-refractivity contribution in [2.75, 3.05) is 12.8 Å². The van der Waals surface area contributed by atoms with E-state index in [9.17, 15) is 9.18 Å². The molecule has 0 bridgehead atoms. The molecule has 0 aliphatic carbocycles. The Morgan fingerprint density at radius 3 is 2.65 bits per heavy atom. The fourth-order valence-corrected chi connectivity index (χ4v) is 3.10. The van der Waals surface area contributed by atoms with Crippen LogP contribution in [0.25, 0.3) is 11.5 Å². The summed E-state index contributed by atoms with van der Waals surface area (Å²) in [6, 6.07) is 14.1. The third-order valence-electron chi connectivity index (χ3n) is 3.89. The van der Waals surface area contributed by atoms with Gasteiger partial charge in [0.25, 0.3) is 5.22 Å². The van der Waals surface area contributed by atoms with Gasteiger partial charge in [-0.15, -0.1) is 10.2 Å². The number of carbonyl (C=O) groups excluding carboxylic acids is 1. The number of aromatic nitrogens is 2. The first-order valence-corrected chi connectivity index (χ1v) is 9.03. The molecule has 0 unspecified atom stereocenters. The molecule has 0 spiro atoms. The SMILES string of the molecule is Cc1ccccc1-c1nnc(SCC(=O)N(C)Cc2ccccc2F)o1. The molecular formula is C19H18FN3O2S. The lowest BCUT2D eigenvalue weighted by Crippen LogP contribution is -2.28. The third-order valence-corrected chi connectivity index (χ3v) is 4.70. The highest BCUT2D eigenvalue weighted by Gasteiger charge is 2.15. The maximum absolute atomic E-state index is 13.7. The van der Waals surface area contributed by atoms with Gasteiger partial charge in [-0.05, 0) is 24.6 Å². The van der Waals surface area contributed by atoms with E-state index in [1.807, 2.05) is 31.2 Å². The molecule has 0 aliphatic heterocycles. The molecule has 0 fully saturated rings. The van der Waals surface area contributed by atoms with Gasteiger partial charge in [-0.3, -0.25) is 4.79 Å². The molecule has 3 rings (SSSR count). The Bertz CT molecular complexity index is 913. The van der Waals surface area contributed by atoms with E-state index in [0.29, 0.717) is 16.7 Å². The number of amides is 1. The Balaban J connectivity index is 1.58. The Labute approximate surface area is 155 Å². The van der Waals surface area contributed by atoms with Crippen molar-refractivity contribution in [1.29, 1.82) is 0 Å². The Hall–Kier alpha value is -2.67. The molecule has 0 radical (unpaired) electrons. The first-order chi connectivity index (χ1) is 12.5. The minimum Gasteiger partial charge on any atom is -0.411 e. The van der Waals surface area contributed by atoms with Crippen LogP contribution in [0, 0.1) is 12.7 Å². The standard InChI is InChI=1S/C19H18FN3O2S/c1-13-7-3-5-9-15(13)18-21-22-19(25-18)26-12-17(24)23(2)11-14-8-4-6-10-16(14)20/h3-10H,11-12H2,1-2H3. The van der Waals surface area contributed by atoms with Crippen molar-refractivity contribution in [3.63, 3.8) is 0 Å². The number of benzene rings is 2. The van der Waals surface area contributed by atoms with Gasteiger partial charge in [-0.1, -0.05) is 48.2 Å². The van der Waals surface area contributed by atoms with Crippen LogP contribution in [0.15, 0.2) is 58.2 Å². The van der Waals surface area contributed by atoms with E-state index in [-0.39, 0.29) is 24.0 Å². The number of halogens is 1. The summed E-state index contributed by atoms with van der Waals surface area (Å²) in [4.78, 5) is 13.7. The highest BCUT2D eigenvalue weighted by Crippen LogP contribution is 2.25. The predicted molar refractivity (Wildman–Crippen MR) is 98.1 cm³/mol. The van der Waals surface area contributed by atoms with E-state index in [4.69, 9.17) is 4.42 Å². The van der Waals surface area contributed by atoms with E-state index in [1.54, 1.807) is 25.2 Å². The van der Waals surface area contributed by atoms with Gasteiger partial charge in [-0.2, -0.15) is 0 Å².